The number of nitrogens with zero attached hydrogens (tertiary/aromatic N) is 2. The SMILES string of the molecule is Cc1cccc(C(=O)NC(=S)Nc2ccc(N3CCN(C(=O)C(F)(F)F)CC3)c(Cl)c2)c1. The maximum atomic E-state index is 12.6. The molecule has 2 aromatic carbocycles. The Bertz CT molecular complexity index is 1040. The Kier molecular flexibility index (Phi) is 7.25. The Hall–Kier alpha value is -2.85. The molecule has 0 atom stereocenters. The van der Waals surface area contributed by atoms with E-state index in [1.807, 2.05) is 17.9 Å². The quantitative estimate of drug-likeness (QED) is 0.645. The van der Waals surface area contributed by atoms with Crippen molar-refractivity contribution >= 4 is 52.1 Å². The molecule has 11 heteroatoms. The van der Waals surface area contributed by atoms with Gasteiger partial charge in [0.15, 0.2) is 5.11 Å². The third-order valence-electron chi connectivity index (χ3n) is 4.86. The van der Waals surface area contributed by atoms with Gasteiger partial charge in [-0.05, 0) is 49.5 Å². The van der Waals surface area contributed by atoms with Crippen LogP contribution in [0.15, 0.2) is 42.5 Å². The number of aryl methyl sites for hydroxylation is 1. The standard InChI is InChI=1S/C21H20ClF3N4O2S/c1-13-3-2-4-14(11-13)18(30)27-20(32)26-15-5-6-17(16(22)12-15)28-7-9-29(10-8-28)19(31)21(23,24)25/h2-6,11-12H,7-10H2,1H3,(H2,26,27,30,32). The average Bonchev–Trinajstić information content (AvgIpc) is 2.73. The molecule has 2 amide bonds. The number of alkyl halides is 3. The van der Waals surface area contributed by atoms with Crippen LogP contribution in [-0.2, 0) is 4.79 Å². The summed E-state index contributed by atoms with van der Waals surface area (Å²) in [5.74, 6) is -2.18. The van der Waals surface area contributed by atoms with Gasteiger partial charge in [-0.2, -0.15) is 13.2 Å². The van der Waals surface area contributed by atoms with Crippen molar-refractivity contribution in [3.8, 4) is 0 Å². The number of thiocarbonyl (C=S) groups is 1. The first kappa shape index (κ1) is 23.8. The molecule has 32 heavy (non-hydrogen) atoms. The van der Waals surface area contributed by atoms with Crippen molar-refractivity contribution in [1.29, 1.82) is 0 Å². The summed E-state index contributed by atoms with van der Waals surface area (Å²) < 4.78 is 37.8. The maximum Gasteiger partial charge on any atom is 0.471 e. The van der Waals surface area contributed by atoms with Gasteiger partial charge in [0.1, 0.15) is 0 Å². The van der Waals surface area contributed by atoms with Crippen molar-refractivity contribution in [1.82, 2.24) is 10.2 Å². The second kappa shape index (κ2) is 9.74. The van der Waals surface area contributed by atoms with Crippen LogP contribution >= 0.6 is 23.8 Å². The van der Waals surface area contributed by atoms with Gasteiger partial charge in [0.05, 0.1) is 10.7 Å². The molecule has 0 saturated carbocycles. The predicted octanol–water partition coefficient (Wildman–Crippen LogP) is 3.99. The first-order valence-electron chi connectivity index (χ1n) is 9.64. The van der Waals surface area contributed by atoms with Gasteiger partial charge in [0, 0.05) is 37.4 Å². The van der Waals surface area contributed by atoms with Crippen molar-refractivity contribution in [3.05, 3.63) is 58.6 Å². The molecule has 6 nitrogen and oxygen atoms in total. The molecule has 0 radical (unpaired) electrons. The van der Waals surface area contributed by atoms with E-state index >= 15 is 0 Å². The summed E-state index contributed by atoms with van der Waals surface area (Å²) in [6.07, 6.45) is -4.87. The minimum atomic E-state index is -4.87. The van der Waals surface area contributed by atoms with E-state index in [0.717, 1.165) is 10.5 Å². The highest BCUT2D eigenvalue weighted by molar-refractivity contribution is 7.80. The molecule has 0 aliphatic carbocycles. The molecule has 0 bridgehead atoms. The summed E-state index contributed by atoms with van der Waals surface area (Å²) in [5, 5.41) is 5.94. The first-order valence-corrected chi connectivity index (χ1v) is 10.4. The summed E-state index contributed by atoms with van der Waals surface area (Å²) in [5.41, 5.74) is 2.60. The fourth-order valence-corrected chi connectivity index (χ4v) is 3.81. The van der Waals surface area contributed by atoms with E-state index < -0.39 is 12.1 Å². The third kappa shape index (κ3) is 5.89. The number of rotatable bonds is 3. The average molecular weight is 485 g/mol. The number of halogens is 4. The van der Waals surface area contributed by atoms with Crippen LogP contribution in [0, 0.1) is 6.92 Å². The normalized spacial score (nSPS) is 14.2. The Morgan fingerprint density at radius 1 is 1.06 bits per heavy atom. The van der Waals surface area contributed by atoms with Crippen LogP contribution < -0.4 is 15.5 Å². The van der Waals surface area contributed by atoms with Gasteiger partial charge in [-0.15, -0.1) is 0 Å². The lowest BCUT2D eigenvalue weighted by atomic mass is 10.1. The highest BCUT2D eigenvalue weighted by Crippen LogP contribution is 2.30. The number of amides is 2. The Morgan fingerprint density at radius 3 is 2.34 bits per heavy atom. The molecule has 0 spiro atoms. The Balaban J connectivity index is 1.58. The third-order valence-corrected chi connectivity index (χ3v) is 5.37. The van der Waals surface area contributed by atoms with Crippen molar-refractivity contribution in [2.45, 2.75) is 13.1 Å². The fraction of sp³-hybridized carbons (Fsp3) is 0.286. The summed E-state index contributed by atoms with van der Waals surface area (Å²) in [6.45, 7) is 2.22. The molecular weight excluding hydrogens is 465 g/mol. The van der Waals surface area contributed by atoms with Gasteiger partial charge >= 0.3 is 12.1 Å². The molecule has 1 fully saturated rings. The molecule has 170 valence electrons. The Morgan fingerprint density at radius 2 is 1.75 bits per heavy atom. The van der Waals surface area contributed by atoms with E-state index in [0.29, 0.717) is 22.0 Å². The molecule has 2 N–H and O–H groups in total. The number of hydrogen-bond donors (Lipinski definition) is 2. The molecule has 0 unspecified atom stereocenters. The Labute approximate surface area is 193 Å². The molecule has 3 rings (SSSR count). The molecule has 2 aromatic rings. The number of nitrogens with one attached hydrogen (secondary N) is 2. The number of benzene rings is 2. The van der Waals surface area contributed by atoms with Gasteiger partial charge in [0.25, 0.3) is 5.91 Å². The van der Waals surface area contributed by atoms with E-state index in [-0.39, 0.29) is 37.2 Å². The van der Waals surface area contributed by atoms with Gasteiger partial charge in [-0.3, -0.25) is 14.9 Å². The largest absolute Gasteiger partial charge is 0.471 e. The van der Waals surface area contributed by atoms with Crippen LogP contribution in [0.4, 0.5) is 24.5 Å². The zero-order valence-electron chi connectivity index (χ0n) is 17.0. The van der Waals surface area contributed by atoms with Crippen LogP contribution in [-0.4, -0.2) is 54.2 Å². The maximum absolute atomic E-state index is 12.6. The van der Waals surface area contributed by atoms with Crippen LogP contribution in [0.5, 0.6) is 0 Å². The lowest BCUT2D eigenvalue weighted by Crippen LogP contribution is -2.52. The monoisotopic (exact) mass is 484 g/mol. The lowest BCUT2D eigenvalue weighted by molar-refractivity contribution is -0.185. The highest BCUT2D eigenvalue weighted by atomic mass is 35.5. The van der Waals surface area contributed by atoms with Crippen molar-refractivity contribution in [2.24, 2.45) is 0 Å². The van der Waals surface area contributed by atoms with Crippen molar-refractivity contribution in [2.75, 3.05) is 36.4 Å². The smallest absolute Gasteiger partial charge is 0.367 e. The predicted molar refractivity (Wildman–Crippen MR) is 121 cm³/mol. The molecule has 1 aliphatic rings. The zero-order chi connectivity index (χ0) is 23.5. The lowest BCUT2D eigenvalue weighted by Gasteiger charge is -2.36. The highest BCUT2D eigenvalue weighted by Gasteiger charge is 2.43. The van der Waals surface area contributed by atoms with E-state index in [2.05, 4.69) is 10.6 Å². The molecule has 1 heterocycles. The van der Waals surface area contributed by atoms with Crippen molar-refractivity contribution in [3.63, 3.8) is 0 Å². The zero-order valence-corrected chi connectivity index (χ0v) is 18.6. The van der Waals surface area contributed by atoms with E-state index in [1.54, 1.807) is 36.4 Å². The molecule has 1 aliphatic heterocycles. The van der Waals surface area contributed by atoms with Gasteiger partial charge < -0.3 is 15.1 Å². The number of piperazine rings is 1. The number of carbonyl (C=O) groups is 2. The van der Waals surface area contributed by atoms with Gasteiger partial charge in [-0.1, -0.05) is 29.3 Å². The molecular formula is C21H20ClF3N4O2S. The topological polar surface area (TPSA) is 64.7 Å². The molecule has 1 saturated heterocycles. The van der Waals surface area contributed by atoms with Crippen LogP contribution in [0.1, 0.15) is 15.9 Å². The minimum absolute atomic E-state index is 0.0518. The summed E-state index contributed by atoms with van der Waals surface area (Å²) in [4.78, 5) is 26.3. The second-order valence-electron chi connectivity index (χ2n) is 7.22. The van der Waals surface area contributed by atoms with Crippen LogP contribution in [0.2, 0.25) is 5.02 Å². The number of hydrogen-bond acceptors (Lipinski definition) is 4. The number of anilines is 2. The molecule has 0 aromatic heterocycles. The number of carbonyl (C=O) groups excluding carboxylic acids is 2. The van der Waals surface area contributed by atoms with E-state index in [1.165, 1.54) is 0 Å². The van der Waals surface area contributed by atoms with Crippen molar-refractivity contribution < 1.29 is 22.8 Å². The first-order chi connectivity index (χ1) is 15.0. The van der Waals surface area contributed by atoms with E-state index in [9.17, 15) is 22.8 Å². The second-order valence-corrected chi connectivity index (χ2v) is 8.04. The summed E-state index contributed by atoms with van der Waals surface area (Å²) >= 11 is 11.6. The van der Waals surface area contributed by atoms with Crippen LogP contribution in [0.25, 0.3) is 0 Å². The summed E-state index contributed by atoms with van der Waals surface area (Å²) in [7, 11) is 0. The van der Waals surface area contributed by atoms with E-state index in [4.69, 9.17) is 23.8 Å². The summed E-state index contributed by atoms with van der Waals surface area (Å²) in [6, 6.07) is 12.1. The van der Waals surface area contributed by atoms with Gasteiger partial charge in [-0.25, -0.2) is 0 Å². The van der Waals surface area contributed by atoms with Gasteiger partial charge in [0.2, 0.25) is 0 Å². The fourth-order valence-electron chi connectivity index (χ4n) is 3.29. The van der Waals surface area contributed by atoms with Crippen LogP contribution in [0.3, 0.4) is 0 Å². The minimum Gasteiger partial charge on any atom is -0.367 e.